The van der Waals surface area contributed by atoms with E-state index < -0.39 is 5.97 Å². The first kappa shape index (κ1) is 33.9. The van der Waals surface area contributed by atoms with Crippen molar-refractivity contribution in [3.05, 3.63) is 53.4 Å². The lowest BCUT2D eigenvalue weighted by Crippen LogP contribution is -2.23. The van der Waals surface area contributed by atoms with Crippen molar-refractivity contribution in [1.82, 2.24) is 14.8 Å². The van der Waals surface area contributed by atoms with Crippen LogP contribution in [0.3, 0.4) is 0 Å². The number of benzene rings is 2. The number of nitrogens with one attached hydrogen (secondary N) is 1. The Labute approximate surface area is 270 Å². The Morgan fingerprint density at radius 3 is 2.50 bits per heavy atom. The van der Waals surface area contributed by atoms with E-state index in [9.17, 15) is 20.0 Å². The Morgan fingerprint density at radius 1 is 1.13 bits per heavy atom. The number of aryl methyl sites for hydroxylation is 1. The number of rotatable bonds is 15. The summed E-state index contributed by atoms with van der Waals surface area (Å²) >= 11 is 0. The van der Waals surface area contributed by atoms with Gasteiger partial charge in [-0.25, -0.2) is 14.8 Å². The van der Waals surface area contributed by atoms with Gasteiger partial charge in [-0.3, -0.25) is 4.79 Å². The maximum atomic E-state index is 13.0. The molecule has 1 aliphatic rings. The maximum Gasteiger partial charge on any atom is 0.341 e. The summed E-state index contributed by atoms with van der Waals surface area (Å²) < 4.78 is 6.88. The second-order valence-electron chi connectivity index (χ2n) is 11.3. The van der Waals surface area contributed by atoms with Crippen LogP contribution in [0.2, 0.25) is 0 Å². The number of ether oxygens (including phenoxy) is 1. The summed E-state index contributed by atoms with van der Waals surface area (Å²) in [5, 5.41) is 27.8. The summed E-state index contributed by atoms with van der Waals surface area (Å²) in [5.74, 6) is -0.801. The van der Waals surface area contributed by atoms with Crippen molar-refractivity contribution < 1.29 is 19.4 Å². The molecule has 1 aromatic heterocycles. The molecule has 2 N–H and O–H groups in total. The number of anilines is 2. The lowest BCUT2D eigenvalue weighted by Gasteiger charge is -2.23. The van der Waals surface area contributed by atoms with Gasteiger partial charge in [0.05, 0.1) is 18.4 Å². The van der Waals surface area contributed by atoms with Crippen LogP contribution in [0.1, 0.15) is 77.6 Å². The zero-order chi connectivity index (χ0) is 33.4. The van der Waals surface area contributed by atoms with Crippen LogP contribution in [0.4, 0.5) is 17.1 Å². The van der Waals surface area contributed by atoms with Gasteiger partial charge in [0.25, 0.3) is 0 Å². The molecule has 1 amide bonds. The van der Waals surface area contributed by atoms with Crippen molar-refractivity contribution >= 4 is 40.3 Å². The van der Waals surface area contributed by atoms with Crippen LogP contribution in [-0.4, -0.2) is 57.8 Å². The number of carbonyl (C=O) groups is 2. The van der Waals surface area contributed by atoms with Gasteiger partial charge in [0.2, 0.25) is 5.91 Å². The first-order valence-electron chi connectivity index (χ1n) is 16.0. The molecule has 11 heteroatoms. The van der Waals surface area contributed by atoms with E-state index in [-0.39, 0.29) is 40.5 Å². The zero-order valence-corrected chi connectivity index (χ0v) is 27.6. The molecule has 0 aliphatic carbocycles. The molecule has 4 rings (SSSR count). The molecule has 2 aromatic carbocycles. The lowest BCUT2D eigenvalue weighted by molar-refractivity contribution is -0.130. The van der Waals surface area contributed by atoms with Crippen LogP contribution in [-0.2, 0) is 9.59 Å². The van der Waals surface area contributed by atoms with Gasteiger partial charge in [0.15, 0.2) is 17.5 Å². The predicted octanol–water partition coefficient (Wildman–Crippen LogP) is 7.00. The fourth-order valence-electron chi connectivity index (χ4n) is 5.55. The summed E-state index contributed by atoms with van der Waals surface area (Å²) in [5.41, 5.74) is 3.13. The quantitative estimate of drug-likeness (QED) is 0.184. The van der Waals surface area contributed by atoms with Crippen LogP contribution >= 0.6 is 0 Å². The Bertz CT molecular complexity index is 1700. The molecule has 3 aromatic rings. The number of hydrogen-bond donors (Lipinski definition) is 2. The zero-order valence-electron chi connectivity index (χ0n) is 27.6. The molecule has 2 heterocycles. The summed E-state index contributed by atoms with van der Waals surface area (Å²) in [6.45, 7) is 12.1. The number of amides is 1. The number of hydrogen-bond acceptors (Lipinski definition) is 8. The van der Waals surface area contributed by atoms with E-state index in [1.165, 1.54) is 11.8 Å². The minimum atomic E-state index is -1.31. The van der Waals surface area contributed by atoms with E-state index in [2.05, 4.69) is 41.1 Å². The van der Waals surface area contributed by atoms with Gasteiger partial charge in [-0.15, -0.1) is 5.10 Å². The highest BCUT2D eigenvalue weighted by Crippen LogP contribution is 2.36. The number of carboxylic acid groups (broad SMARTS) is 1. The fourth-order valence-corrected chi connectivity index (χ4v) is 5.55. The van der Waals surface area contributed by atoms with Gasteiger partial charge >= 0.3 is 5.97 Å². The minimum absolute atomic E-state index is 0.00842. The number of methoxy groups -OCH3 is 1. The molecule has 1 aliphatic heterocycles. The molecule has 11 nitrogen and oxygen atoms in total. The maximum absolute atomic E-state index is 13.0. The normalized spacial score (nSPS) is 13.8. The summed E-state index contributed by atoms with van der Waals surface area (Å²) in [6, 6.07) is 13.1. The van der Waals surface area contributed by atoms with Crippen molar-refractivity contribution in [3.8, 4) is 23.2 Å². The number of aliphatic imine (C=N–C) groups is 1. The highest BCUT2D eigenvalue weighted by molar-refractivity contribution is 6.29. The Balaban J connectivity index is 1.76. The van der Waals surface area contributed by atoms with Crippen molar-refractivity contribution in [2.24, 2.45) is 10.9 Å². The molecule has 0 bridgehead atoms. The number of aliphatic carboxylic acids is 1. The molecule has 1 atom stereocenters. The summed E-state index contributed by atoms with van der Waals surface area (Å²) in [6.07, 6.45) is 5.71. The monoisotopic (exact) mass is 625 g/mol. The van der Waals surface area contributed by atoms with Gasteiger partial charge in [-0.05, 0) is 75.1 Å². The van der Waals surface area contributed by atoms with E-state index in [0.29, 0.717) is 22.7 Å². The molecule has 1 unspecified atom stereocenters. The first-order chi connectivity index (χ1) is 22.2. The number of nitriles is 1. The van der Waals surface area contributed by atoms with Gasteiger partial charge < -0.3 is 20.1 Å². The fraction of sp³-hybridized carbons (Fsp3) is 0.429. The third-order valence-corrected chi connectivity index (χ3v) is 8.24. The number of carboxylic acids is 1. The standard InChI is InChI=1S/C35H43N7O4/c1-7-11-13-23(9-3)34(43)37-24-14-17-29(46-6)26(20-24)31-39-33-30(35(44)45)27(21-36)32(42(33)40-31)38-28-16-15-25(19-22(28)5)41(10-4)18-12-8-2/h14-17,19-20,23H,7-13,18H2,1-6H3,(H,37,43)(H,44,45)/b38-32+. The van der Waals surface area contributed by atoms with Crippen LogP contribution in [0.25, 0.3) is 17.0 Å². The Kier molecular flexibility index (Phi) is 11.3. The highest BCUT2D eigenvalue weighted by atomic mass is 16.5. The minimum Gasteiger partial charge on any atom is -0.496 e. The molecule has 0 radical (unpaired) electrons. The smallest absolute Gasteiger partial charge is 0.341 e. The number of fused-ring (bicyclic) bond motifs is 1. The summed E-state index contributed by atoms with van der Waals surface area (Å²) in [4.78, 5) is 37.1. The SMILES string of the molecule is CCCCC(CC)C(=O)Nc1ccc(OC)c(-c2nc3n(n2)/C(=N/c2ccc(N(CC)CCCC)cc2C)C(C#N)=C3C(=O)O)c1. The average Bonchev–Trinajstić information content (AvgIpc) is 3.60. The van der Waals surface area contributed by atoms with Gasteiger partial charge in [0.1, 0.15) is 23.0 Å². The molecule has 46 heavy (non-hydrogen) atoms. The third-order valence-electron chi connectivity index (χ3n) is 8.24. The molecule has 0 fully saturated rings. The molecule has 0 saturated carbocycles. The van der Waals surface area contributed by atoms with Crippen LogP contribution < -0.4 is 15.0 Å². The second kappa shape index (κ2) is 15.3. The number of unbranched alkanes of at least 4 members (excludes halogenated alkanes) is 2. The molecule has 242 valence electrons. The topological polar surface area (TPSA) is 146 Å². The van der Waals surface area contributed by atoms with Gasteiger partial charge in [-0.2, -0.15) is 9.94 Å². The van der Waals surface area contributed by atoms with E-state index >= 15 is 0 Å². The second-order valence-corrected chi connectivity index (χ2v) is 11.3. The lowest BCUT2D eigenvalue weighted by atomic mass is 9.98. The molecule has 0 spiro atoms. The number of carbonyl (C=O) groups excluding carboxylic acids is 1. The largest absolute Gasteiger partial charge is 0.496 e. The number of allylic oxidation sites excluding steroid dienone is 1. The predicted molar refractivity (Wildman–Crippen MR) is 181 cm³/mol. The number of aromatic nitrogens is 3. The summed E-state index contributed by atoms with van der Waals surface area (Å²) in [7, 11) is 1.51. The molecular formula is C35H43N7O4. The molecular weight excluding hydrogens is 582 g/mol. The first-order valence-corrected chi connectivity index (χ1v) is 16.0. The molecule has 0 saturated heterocycles. The van der Waals surface area contributed by atoms with Crippen molar-refractivity contribution in [2.45, 2.75) is 73.1 Å². The van der Waals surface area contributed by atoms with Crippen molar-refractivity contribution in [1.29, 1.82) is 5.26 Å². The van der Waals surface area contributed by atoms with Gasteiger partial charge in [-0.1, -0.05) is 40.0 Å². The van der Waals surface area contributed by atoms with E-state index in [1.807, 2.05) is 38.1 Å². The van der Waals surface area contributed by atoms with Crippen molar-refractivity contribution in [3.63, 3.8) is 0 Å². The van der Waals surface area contributed by atoms with Gasteiger partial charge in [0, 0.05) is 30.4 Å². The van der Waals surface area contributed by atoms with E-state index in [1.54, 1.807) is 18.2 Å². The number of nitrogens with zero attached hydrogens (tertiary/aromatic N) is 6. The highest BCUT2D eigenvalue weighted by Gasteiger charge is 2.36. The van der Waals surface area contributed by atoms with Crippen molar-refractivity contribution in [2.75, 3.05) is 30.4 Å². The van der Waals surface area contributed by atoms with E-state index in [4.69, 9.17) is 9.73 Å². The van der Waals surface area contributed by atoms with Crippen LogP contribution in [0.5, 0.6) is 5.75 Å². The van der Waals surface area contributed by atoms with Crippen LogP contribution in [0.15, 0.2) is 47.0 Å². The Morgan fingerprint density at radius 2 is 1.89 bits per heavy atom. The third kappa shape index (κ3) is 7.12. The van der Waals surface area contributed by atoms with E-state index in [0.717, 1.165) is 62.9 Å². The van der Waals surface area contributed by atoms with Crippen LogP contribution in [0, 0.1) is 24.2 Å². The Hall–Kier alpha value is -4.98. The average molecular weight is 626 g/mol.